The molecule has 124 valence electrons. The van der Waals surface area contributed by atoms with Crippen LogP contribution in [0.4, 0.5) is 10.4 Å². The van der Waals surface area contributed by atoms with Gasteiger partial charge in [0.15, 0.2) is 0 Å². The first-order valence-electron chi connectivity index (χ1n) is 8.16. The number of halogens is 1. The molecule has 4 rings (SSSR count). The Bertz CT molecular complexity index is 779. The molecular formula is C18H18FN3O2. The van der Waals surface area contributed by atoms with E-state index in [2.05, 4.69) is 15.5 Å². The molecule has 0 aliphatic heterocycles. The van der Waals surface area contributed by atoms with Crippen molar-refractivity contribution in [3.05, 3.63) is 65.7 Å². The van der Waals surface area contributed by atoms with Crippen LogP contribution in [0.25, 0.3) is 0 Å². The van der Waals surface area contributed by atoms with E-state index in [0.29, 0.717) is 18.5 Å². The third kappa shape index (κ3) is 3.32. The average molecular weight is 327 g/mol. The van der Waals surface area contributed by atoms with Gasteiger partial charge in [-0.05, 0) is 49.1 Å². The Labute approximate surface area is 138 Å². The highest BCUT2D eigenvalue weighted by Crippen LogP contribution is 2.39. The zero-order valence-corrected chi connectivity index (χ0v) is 13.1. The summed E-state index contributed by atoms with van der Waals surface area (Å²) < 4.78 is 24.3. The molecule has 0 saturated heterocycles. The van der Waals surface area contributed by atoms with Crippen LogP contribution in [0, 0.1) is 5.82 Å². The summed E-state index contributed by atoms with van der Waals surface area (Å²) >= 11 is 0. The number of nitrogens with one attached hydrogen (secondary N) is 1. The number of anilines is 1. The Morgan fingerprint density at radius 1 is 1.17 bits per heavy atom. The maximum atomic E-state index is 13.2. The summed E-state index contributed by atoms with van der Waals surface area (Å²) in [5.74, 6) is 1.82. The topological polar surface area (TPSA) is 64.1 Å². The summed E-state index contributed by atoms with van der Waals surface area (Å²) in [6.07, 6.45) is 4.68. The molecule has 1 fully saturated rings. The van der Waals surface area contributed by atoms with Crippen LogP contribution in [0.1, 0.15) is 48.3 Å². The summed E-state index contributed by atoms with van der Waals surface area (Å²) in [5.41, 5.74) is 1.01. The van der Waals surface area contributed by atoms with E-state index in [1.807, 2.05) is 12.1 Å². The highest BCUT2D eigenvalue weighted by Gasteiger charge is 2.29. The molecule has 1 aromatic carbocycles. The number of nitrogens with zero attached hydrogens (tertiary/aromatic N) is 2. The van der Waals surface area contributed by atoms with Gasteiger partial charge in [-0.3, -0.25) is 0 Å². The number of hydrogen-bond donors (Lipinski definition) is 1. The van der Waals surface area contributed by atoms with Gasteiger partial charge in [0.25, 0.3) is 0 Å². The summed E-state index contributed by atoms with van der Waals surface area (Å²) in [6.45, 7) is 0.648. The minimum atomic E-state index is -0.242. The van der Waals surface area contributed by atoms with Crippen molar-refractivity contribution >= 4 is 6.01 Å². The van der Waals surface area contributed by atoms with Crippen molar-refractivity contribution in [2.75, 3.05) is 11.9 Å². The van der Waals surface area contributed by atoms with Crippen LogP contribution in [0.5, 0.6) is 0 Å². The zero-order chi connectivity index (χ0) is 16.4. The molecule has 0 bridgehead atoms. The van der Waals surface area contributed by atoms with Gasteiger partial charge in [-0.1, -0.05) is 17.2 Å². The smallest absolute Gasteiger partial charge is 0.315 e. The maximum absolute atomic E-state index is 13.2. The summed E-state index contributed by atoms with van der Waals surface area (Å²) in [4.78, 5) is 0. The molecule has 1 atom stereocenters. The molecule has 1 N–H and O–H groups in total. The van der Waals surface area contributed by atoms with Gasteiger partial charge in [0.2, 0.25) is 5.89 Å². The van der Waals surface area contributed by atoms with Gasteiger partial charge < -0.3 is 14.2 Å². The van der Waals surface area contributed by atoms with Crippen LogP contribution < -0.4 is 5.32 Å². The fraction of sp³-hybridized carbons (Fsp3) is 0.333. The first-order valence-corrected chi connectivity index (χ1v) is 8.16. The van der Waals surface area contributed by atoms with Crippen molar-refractivity contribution in [3.63, 3.8) is 0 Å². The summed E-state index contributed by atoms with van der Waals surface area (Å²) in [5, 5.41) is 11.2. The Balaban J connectivity index is 1.42. The number of rotatable bonds is 7. The van der Waals surface area contributed by atoms with Gasteiger partial charge in [0.05, 0.1) is 6.26 Å². The first kappa shape index (κ1) is 14.9. The Morgan fingerprint density at radius 2 is 2.00 bits per heavy atom. The number of aromatic nitrogens is 2. The minimum absolute atomic E-state index is 0.0407. The Kier molecular flexibility index (Phi) is 4.02. The van der Waals surface area contributed by atoms with Crippen molar-refractivity contribution < 1.29 is 13.2 Å². The molecule has 0 amide bonds. The van der Waals surface area contributed by atoms with Gasteiger partial charge in [-0.25, -0.2) is 4.39 Å². The number of benzene rings is 1. The van der Waals surface area contributed by atoms with Crippen molar-refractivity contribution in [1.82, 2.24) is 10.2 Å². The monoisotopic (exact) mass is 327 g/mol. The molecule has 24 heavy (non-hydrogen) atoms. The predicted molar refractivity (Wildman–Crippen MR) is 86.3 cm³/mol. The second kappa shape index (κ2) is 6.47. The molecule has 2 aromatic heterocycles. The number of furan rings is 1. The Morgan fingerprint density at radius 3 is 2.71 bits per heavy atom. The van der Waals surface area contributed by atoms with Crippen molar-refractivity contribution in [2.24, 2.45) is 0 Å². The maximum Gasteiger partial charge on any atom is 0.315 e. The second-order valence-corrected chi connectivity index (χ2v) is 6.05. The van der Waals surface area contributed by atoms with E-state index in [4.69, 9.17) is 8.83 Å². The Hall–Kier alpha value is -2.63. The van der Waals surface area contributed by atoms with Crippen LogP contribution in [-0.2, 0) is 0 Å². The molecule has 6 heteroatoms. The summed E-state index contributed by atoms with van der Waals surface area (Å²) in [6, 6.07) is 10.8. The van der Waals surface area contributed by atoms with Gasteiger partial charge in [0.1, 0.15) is 11.6 Å². The van der Waals surface area contributed by atoms with Crippen LogP contribution in [0.2, 0.25) is 0 Å². The molecule has 0 unspecified atom stereocenters. The van der Waals surface area contributed by atoms with E-state index < -0.39 is 0 Å². The SMILES string of the molecule is Fc1ccc([C@H](CCNc2nnc(C3CC3)o2)c2ccco2)cc1. The largest absolute Gasteiger partial charge is 0.469 e. The van der Waals surface area contributed by atoms with Crippen LogP contribution in [0.3, 0.4) is 0 Å². The molecule has 3 aromatic rings. The van der Waals surface area contributed by atoms with E-state index in [9.17, 15) is 4.39 Å². The molecule has 2 heterocycles. The zero-order valence-electron chi connectivity index (χ0n) is 13.1. The molecule has 5 nitrogen and oxygen atoms in total. The van der Waals surface area contributed by atoms with E-state index in [1.165, 1.54) is 12.1 Å². The van der Waals surface area contributed by atoms with Gasteiger partial charge >= 0.3 is 6.01 Å². The van der Waals surface area contributed by atoms with Gasteiger partial charge in [0, 0.05) is 18.4 Å². The third-order valence-corrected chi connectivity index (χ3v) is 4.24. The highest BCUT2D eigenvalue weighted by molar-refractivity contribution is 5.28. The minimum Gasteiger partial charge on any atom is -0.469 e. The lowest BCUT2D eigenvalue weighted by atomic mass is 9.93. The molecular weight excluding hydrogens is 309 g/mol. The fourth-order valence-corrected chi connectivity index (χ4v) is 2.78. The molecule has 1 aliphatic carbocycles. The quantitative estimate of drug-likeness (QED) is 0.700. The first-order chi connectivity index (χ1) is 11.8. The lowest BCUT2D eigenvalue weighted by molar-refractivity contribution is 0.473. The van der Waals surface area contributed by atoms with Crippen LogP contribution >= 0.6 is 0 Å². The van der Waals surface area contributed by atoms with Crippen molar-refractivity contribution in [1.29, 1.82) is 0 Å². The number of hydrogen-bond acceptors (Lipinski definition) is 5. The van der Waals surface area contributed by atoms with E-state index >= 15 is 0 Å². The molecule has 1 saturated carbocycles. The summed E-state index contributed by atoms with van der Waals surface area (Å²) in [7, 11) is 0. The van der Waals surface area contributed by atoms with Crippen molar-refractivity contribution in [2.45, 2.75) is 31.1 Å². The normalized spacial score (nSPS) is 15.4. The van der Waals surface area contributed by atoms with Gasteiger partial charge in [-0.2, -0.15) is 0 Å². The predicted octanol–water partition coefficient (Wildman–Crippen LogP) is 4.31. The lowest BCUT2D eigenvalue weighted by Gasteiger charge is -2.15. The standard InChI is InChI=1S/C18H18FN3O2/c19-14-7-5-12(6-8-14)15(16-2-1-11-23-16)9-10-20-18-22-21-17(24-18)13-3-4-13/h1-2,5-8,11,13,15H,3-4,9-10H2,(H,20,22)/t15-/m0/s1. The highest BCUT2D eigenvalue weighted by atomic mass is 19.1. The van der Waals surface area contributed by atoms with Crippen LogP contribution in [0.15, 0.2) is 51.5 Å². The second-order valence-electron chi connectivity index (χ2n) is 6.05. The third-order valence-electron chi connectivity index (χ3n) is 4.24. The van der Waals surface area contributed by atoms with Gasteiger partial charge in [-0.15, -0.1) is 5.10 Å². The lowest BCUT2D eigenvalue weighted by Crippen LogP contribution is -2.09. The van der Waals surface area contributed by atoms with Crippen molar-refractivity contribution in [3.8, 4) is 0 Å². The average Bonchev–Trinajstić information content (AvgIpc) is 3.10. The van der Waals surface area contributed by atoms with E-state index in [-0.39, 0.29) is 11.7 Å². The van der Waals surface area contributed by atoms with Crippen LogP contribution in [-0.4, -0.2) is 16.7 Å². The fourth-order valence-electron chi connectivity index (χ4n) is 2.78. The molecule has 0 spiro atoms. The van der Waals surface area contributed by atoms with E-state index in [1.54, 1.807) is 18.4 Å². The molecule has 0 radical (unpaired) electrons. The molecule has 1 aliphatic rings. The van der Waals surface area contributed by atoms with E-state index in [0.717, 1.165) is 36.5 Å².